The molecule has 0 aliphatic carbocycles. The van der Waals surface area contributed by atoms with Crippen LogP contribution in [0.2, 0.25) is 0 Å². The van der Waals surface area contributed by atoms with Gasteiger partial charge in [0.25, 0.3) is 11.8 Å². The first kappa shape index (κ1) is 18.8. The van der Waals surface area contributed by atoms with Crippen LogP contribution in [0.5, 0.6) is 11.5 Å². The summed E-state index contributed by atoms with van der Waals surface area (Å²) in [7, 11) is 0. The van der Waals surface area contributed by atoms with Crippen molar-refractivity contribution >= 4 is 11.8 Å². The van der Waals surface area contributed by atoms with E-state index in [1.165, 1.54) is 0 Å². The summed E-state index contributed by atoms with van der Waals surface area (Å²) in [4.78, 5) is 23.4. The molecule has 0 saturated heterocycles. The number of hydrogen-bond acceptors (Lipinski definition) is 5. The number of carbonyl (C=O) groups is 2. The Kier molecular flexibility index (Phi) is 6.57. The van der Waals surface area contributed by atoms with E-state index < -0.39 is 11.8 Å². The Bertz CT molecular complexity index is 826. The molecule has 2 amide bonds. The van der Waals surface area contributed by atoms with E-state index in [4.69, 9.17) is 14.7 Å². The Balaban J connectivity index is 1.70. The largest absolute Gasteiger partial charge is 0.484 e. The van der Waals surface area contributed by atoms with Gasteiger partial charge in [0.15, 0.2) is 13.2 Å². The third-order valence-corrected chi connectivity index (χ3v) is 3.61. The van der Waals surface area contributed by atoms with Crippen molar-refractivity contribution in [3.63, 3.8) is 0 Å². The van der Waals surface area contributed by atoms with Crippen LogP contribution in [0.1, 0.15) is 16.7 Å². The quantitative estimate of drug-likeness (QED) is 0.771. The standard InChI is InChI=1S/C19H19N3O4/c1-13-4-3-5-17(14(13)2)26-12-19(24)22-21-18(23)11-25-16-8-6-15(10-20)7-9-16/h3-9H,11-12H2,1-2H3,(H,21,23)(H,22,24). The SMILES string of the molecule is Cc1cccc(OCC(=O)NNC(=O)COc2ccc(C#N)cc2)c1C. The summed E-state index contributed by atoms with van der Waals surface area (Å²) in [6.45, 7) is 3.37. The van der Waals surface area contributed by atoms with Gasteiger partial charge < -0.3 is 9.47 Å². The molecular weight excluding hydrogens is 334 g/mol. The summed E-state index contributed by atoms with van der Waals surface area (Å²) in [5.74, 6) is 0.0615. The van der Waals surface area contributed by atoms with Crippen molar-refractivity contribution in [3.8, 4) is 17.6 Å². The molecule has 0 atom stereocenters. The van der Waals surface area contributed by atoms with E-state index in [1.807, 2.05) is 32.0 Å². The maximum Gasteiger partial charge on any atom is 0.276 e. The minimum atomic E-state index is -0.519. The predicted octanol–water partition coefficient (Wildman–Crippen LogP) is 1.78. The highest BCUT2D eigenvalue weighted by atomic mass is 16.5. The van der Waals surface area contributed by atoms with Crippen LogP contribution >= 0.6 is 0 Å². The number of ether oxygens (including phenoxy) is 2. The molecule has 7 nitrogen and oxygen atoms in total. The van der Waals surface area contributed by atoms with Crippen molar-refractivity contribution < 1.29 is 19.1 Å². The second kappa shape index (κ2) is 9.08. The Hall–Kier alpha value is -3.53. The van der Waals surface area contributed by atoms with Crippen molar-refractivity contribution in [1.82, 2.24) is 10.9 Å². The van der Waals surface area contributed by atoms with Crippen LogP contribution in [-0.2, 0) is 9.59 Å². The lowest BCUT2D eigenvalue weighted by Gasteiger charge is -2.12. The van der Waals surface area contributed by atoms with Gasteiger partial charge in [-0.15, -0.1) is 0 Å². The van der Waals surface area contributed by atoms with Crippen LogP contribution in [-0.4, -0.2) is 25.0 Å². The molecule has 0 aliphatic rings. The van der Waals surface area contributed by atoms with E-state index in [2.05, 4.69) is 10.9 Å². The number of hydrogen-bond donors (Lipinski definition) is 2. The van der Waals surface area contributed by atoms with E-state index in [-0.39, 0.29) is 13.2 Å². The number of rotatable bonds is 6. The fourth-order valence-corrected chi connectivity index (χ4v) is 2.01. The second-order valence-corrected chi connectivity index (χ2v) is 5.51. The molecule has 2 aromatic rings. The molecule has 134 valence electrons. The molecule has 0 radical (unpaired) electrons. The minimum Gasteiger partial charge on any atom is -0.484 e. The van der Waals surface area contributed by atoms with E-state index >= 15 is 0 Å². The smallest absolute Gasteiger partial charge is 0.276 e. The lowest BCUT2D eigenvalue weighted by Crippen LogP contribution is -2.45. The zero-order valence-electron chi connectivity index (χ0n) is 14.5. The van der Waals surface area contributed by atoms with E-state index in [0.717, 1.165) is 11.1 Å². The molecule has 0 heterocycles. The van der Waals surface area contributed by atoms with E-state index in [9.17, 15) is 9.59 Å². The Morgan fingerprint density at radius 2 is 1.58 bits per heavy atom. The third-order valence-electron chi connectivity index (χ3n) is 3.61. The van der Waals surface area contributed by atoms with Gasteiger partial charge in [-0.1, -0.05) is 12.1 Å². The van der Waals surface area contributed by atoms with Gasteiger partial charge in [-0.3, -0.25) is 20.4 Å². The van der Waals surface area contributed by atoms with Gasteiger partial charge in [-0.05, 0) is 55.3 Å². The van der Waals surface area contributed by atoms with Gasteiger partial charge in [-0.25, -0.2) is 0 Å². The third kappa shape index (κ3) is 5.53. The summed E-state index contributed by atoms with van der Waals surface area (Å²) in [6, 6.07) is 13.9. The normalized spacial score (nSPS) is 9.73. The van der Waals surface area contributed by atoms with Crippen molar-refractivity contribution in [2.75, 3.05) is 13.2 Å². The zero-order valence-corrected chi connectivity index (χ0v) is 14.5. The zero-order chi connectivity index (χ0) is 18.9. The molecule has 2 aromatic carbocycles. The first-order chi connectivity index (χ1) is 12.5. The molecule has 2 N–H and O–H groups in total. The number of hydrazine groups is 1. The first-order valence-corrected chi connectivity index (χ1v) is 7.89. The number of carbonyl (C=O) groups excluding carboxylic acids is 2. The molecule has 2 rings (SSSR count). The highest BCUT2D eigenvalue weighted by Crippen LogP contribution is 2.20. The lowest BCUT2D eigenvalue weighted by molar-refractivity contribution is -0.131. The van der Waals surface area contributed by atoms with Gasteiger partial charge in [0.05, 0.1) is 11.6 Å². The maximum absolute atomic E-state index is 11.7. The van der Waals surface area contributed by atoms with Crippen LogP contribution in [0.15, 0.2) is 42.5 Å². The molecule has 0 spiro atoms. The van der Waals surface area contributed by atoms with Gasteiger partial charge >= 0.3 is 0 Å². The van der Waals surface area contributed by atoms with Crippen LogP contribution in [0.3, 0.4) is 0 Å². The number of nitriles is 1. The number of aryl methyl sites for hydroxylation is 1. The molecule has 0 saturated carbocycles. The van der Waals surface area contributed by atoms with Crippen molar-refractivity contribution in [3.05, 3.63) is 59.2 Å². The van der Waals surface area contributed by atoms with Gasteiger partial charge in [-0.2, -0.15) is 5.26 Å². The summed E-state index contributed by atoms with van der Waals surface area (Å²) in [5.41, 5.74) is 7.02. The fraction of sp³-hybridized carbons (Fsp3) is 0.211. The first-order valence-electron chi connectivity index (χ1n) is 7.89. The van der Waals surface area contributed by atoms with Crippen molar-refractivity contribution in [1.29, 1.82) is 5.26 Å². The fourth-order valence-electron chi connectivity index (χ4n) is 2.01. The second-order valence-electron chi connectivity index (χ2n) is 5.51. The summed E-state index contributed by atoms with van der Waals surface area (Å²) in [5, 5.41) is 8.71. The Morgan fingerprint density at radius 1 is 0.962 bits per heavy atom. The van der Waals surface area contributed by atoms with Gasteiger partial charge in [0, 0.05) is 0 Å². The van der Waals surface area contributed by atoms with Gasteiger partial charge in [0.2, 0.25) is 0 Å². The van der Waals surface area contributed by atoms with E-state index in [0.29, 0.717) is 17.1 Å². The van der Waals surface area contributed by atoms with Crippen LogP contribution < -0.4 is 20.3 Å². The minimum absolute atomic E-state index is 0.221. The molecule has 0 bridgehead atoms. The number of nitrogens with zero attached hydrogens (tertiary/aromatic N) is 1. The molecular formula is C19H19N3O4. The van der Waals surface area contributed by atoms with Crippen molar-refractivity contribution in [2.45, 2.75) is 13.8 Å². The molecule has 0 unspecified atom stereocenters. The molecule has 26 heavy (non-hydrogen) atoms. The maximum atomic E-state index is 11.7. The Morgan fingerprint density at radius 3 is 2.19 bits per heavy atom. The van der Waals surface area contributed by atoms with Crippen LogP contribution in [0.25, 0.3) is 0 Å². The average molecular weight is 353 g/mol. The number of nitrogens with one attached hydrogen (secondary N) is 2. The highest BCUT2D eigenvalue weighted by molar-refractivity contribution is 5.83. The molecule has 0 aliphatic heterocycles. The lowest BCUT2D eigenvalue weighted by atomic mass is 10.1. The topological polar surface area (TPSA) is 100 Å². The Labute approximate surface area is 151 Å². The predicted molar refractivity (Wildman–Crippen MR) is 94.3 cm³/mol. The van der Waals surface area contributed by atoms with E-state index in [1.54, 1.807) is 30.3 Å². The number of amides is 2. The van der Waals surface area contributed by atoms with Crippen molar-refractivity contribution in [2.24, 2.45) is 0 Å². The summed E-state index contributed by atoms with van der Waals surface area (Å²) in [6.07, 6.45) is 0. The number of benzene rings is 2. The summed E-state index contributed by atoms with van der Waals surface area (Å²) < 4.78 is 10.7. The van der Waals surface area contributed by atoms with Gasteiger partial charge in [0.1, 0.15) is 11.5 Å². The highest BCUT2D eigenvalue weighted by Gasteiger charge is 2.08. The van der Waals surface area contributed by atoms with Crippen LogP contribution in [0.4, 0.5) is 0 Å². The average Bonchev–Trinajstić information content (AvgIpc) is 2.66. The monoisotopic (exact) mass is 353 g/mol. The summed E-state index contributed by atoms with van der Waals surface area (Å²) >= 11 is 0. The molecule has 0 fully saturated rings. The van der Waals surface area contributed by atoms with Crippen LogP contribution in [0, 0.1) is 25.2 Å². The molecule has 0 aromatic heterocycles. The molecule has 7 heteroatoms.